The van der Waals surface area contributed by atoms with Crippen LogP contribution in [0.4, 0.5) is 8.78 Å². The number of aromatic nitrogens is 2. The summed E-state index contributed by atoms with van der Waals surface area (Å²) >= 11 is 0. The summed E-state index contributed by atoms with van der Waals surface area (Å²) in [5.74, 6) is -0.0862. The van der Waals surface area contributed by atoms with Gasteiger partial charge in [-0.15, -0.1) is 0 Å². The molecule has 0 radical (unpaired) electrons. The maximum atomic E-state index is 12.9. The van der Waals surface area contributed by atoms with Gasteiger partial charge in [-0.2, -0.15) is 13.1 Å². The van der Waals surface area contributed by atoms with Crippen LogP contribution in [0.5, 0.6) is 0 Å². The summed E-state index contributed by atoms with van der Waals surface area (Å²) in [5.41, 5.74) is 0.837. The summed E-state index contributed by atoms with van der Waals surface area (Å²) in [6.07, 6.45) is 5.88. The van der Waals surface area contributed by atoms with Gasteiger partial charge in [-0.05, 0) is 37.0 Å². The van der Waals surface area contributed by atoms with Crippen LogP contribution in [0.15, 0.2) is 41.6 Å². The Morgan fingerprint density at radius 2 is 1.83 bits per heavy atom. The van der Waals surface area contributed by atoms with E-state index in [1.165, 1.54) is 21.6 Å². The predicted molar refractivity (Wildman–Crippen MR) is 107 cm³/mol. The van der Waals surface area contributed by atoms with E-state index in [4.69, 9.17) is 0 Å². The maximum absolute atomic E-state index is 12.9. The molecule has 1 amide bonds. The summed E-state index contributed by atoms with van der Waals surface area (Å²) in [4.78, 5) is 17.8. The van der Waals surface area contributed by atoms with Crippen molar-refractivity contribution in [3.8, 4) is 0 Å². The molecule has 1 aromatic carbocycles. The summed E-state index contributed by atoms with van der Waals surface area (Å²) in [6.45, 7) is -1.61. The van der Waals surface area contributed by atoms with Gasteiger partial charge in [-0.3, -0.25) is 9.36 Å². The van der Waals surface area contributed by atoms with Gasteiger partial charge in [0, 0.05) is 39.0 Å². The molecule has 0 unspecified atom stereocenters. The predicted octanol–water partition coefficient (Wildman–Crippen LogP) is 3.04. The number of aryl methyl sites for hydroxylation is 1. The number of rotatable bonds is 8. The first-order chi connectivity index (χ1) is 14.3. The number of carbonyl (C=O) groups is 1. The van der Waals surface area contributed by atoms with Crippen LogP contribution < -0.4 is 0 Å². The Morgan fingerprint density at radius 1 is 1.17 bits per heavy atom. The van der Waals surface area contributed by atoms with E-state index in [-0.39, 0.29) is 29.6 Å². The number of carbonyl (C=O) groups excluding carboxylic acids is 1. The van der Waals surface area contributed by atoms with Crippen LogP contribution in [-0.2, 0) is 27.8 Å². The Bertz CT molecular complexity index is 955. The van der Waals surface area contributed by atoms with Crippen LogP contribution in [0.25, 0.3) is 0 Å². The molecular formula is C20H26F2N4O3S. The third kappa shape index (κ3) is 5.23. The van der Waals surface area contributed by atoms with Crippen LogP contribution in [0.1, 0.15) is 43.6 Å². The fourth-order valence-electron chi connectivity index (χ4n) is 3.47. The summed E-state index contributed by atoms with van der Waals surface area (Å²) < 4.78 is 53.4. The molecule has 2 heterocycles. The highest BCUT2D eigenvalue weighted by Gasteiger charge is 2.25. The molecule has 0 saturated carbocycles. The summed E-state index contributed by atoms with van der Waals surface area (Å²) in [5, 5.41) is 0. The van der Waals surface area contributed by atoms with Crippen LogP contribution in [0.3, 0.4) is 0 Å². The largest absolute Gasteiger partial charge is 0.338 e. The Kier molecular flexibility index (Phi) is 7.19. The zero-order valence-corrected chi connectivity index (χ0v) is 17.7. The molecular weight excluding hydrogens is 414 g/mol. The first-order valence-corrected chi connectivity index (χ1v) is 11.4. The number of sulfonamides is 1. The zero-order valence-electron chi connectivity index (χ0n) is 16.9. The van der Waals surface area contributed by atoms with Crippen molar-refractivity contribution in [3.05, 3.63) is 48.0 Å². The van der Waals surface area contributed by atoms with E-state index >= 15 is 0 Å². The third-order valence-electron chi connectivity index (χ3n) is 5.27. The molecule has 7 nitrogen and oxygen atoms in total. The Morgan fingerprint density at radius 3 is 2.47 bits per heavy atom. The molecule has 0 aliphatic carbocycles. The molecule has 10 heteroatoms. The van der Waals surface area contributed by atoms with Crippen molar-refractivity contribution in [2.24, 2.45) is 0 Å². The molecule has 0 atom stereocenters. The van der Waals surface area contributed by atoms with E-state index in [0.29, 0.717) is 19.5 Å². The van der Waals surface area contributed by atoms with E-state index in [9.17, 15) is 22.0 Å². The van der Waals surface area contributed by atoms with E-state index < -0.39 is 16.6 Å². The lowest BCUT2D eigenvalue weighted by atomic mass is 10.1. The van der Waals surface area contributed by atoms with Gasteiger partial charge >= 0.3 is 6.55 Å². The standard InChI is InChI=1S/C20H26F2N4O3S/c1-24(15-18-23-11-14-26(18)20(21)22)19(27)10-7-16-5-8-17(9-6-16)30(28,29)25-12-3-2-4-13-25/h5-6,8-9,11,14,20H,2-4,7,10,12-13,15H2,1H3. The topological polar surface area (TPSA) is 75.5 Å². The minimum atomic E-state index is -3.48. The SMILES string of the molecule is CN(Cc1nccn1C(F)F)C(=O)CCc1ccc(S(=O)(=O)N2CCCCC2)cc1. The number of amides is 1. The fourth-order valence-corrected chi connectivity index (χ4v) is 4.99. The van der Waals surface area contributed by atoms with Crippen LogP contribution in [-0.4, -0.2) is 53.2 Å². The van der Waals surface area contributed by atoms with E-state index in [1.54, 1.807) is 31.3 Å². The zero-order chi connectivity index (χ0) is 21.7. The summed E-state index contributed by atoms with van der Waals surface area (Å²) in [6, 6.07) is 6.58. The highest BCUT2D eigenvalue weighted by atomic mass is 32.2. The van der Waals surface area contributed by atoms with Crippen molar-refractivity contribution in [1.82, 2.24) is 18.8 Å². The number of alkyl halides is 2. The van der Waals surface area contributed by atoms with E-state index in [0.717, 1.165) is 29.4 Å². The molecule has 3 rings (SSSR count). The van der Waals surface area contributed by atoms with Gasteiger partial charge in [-0.1, -0.05) is 18.6 Å². The Hall–Kier alpha value is -2.33. The molecule has 1 fully saturated rings. The fraction of sp³-hybridized carbons (Fsp3) is 0.500. The number of nitrogens with zero attached hydrogens (tertiary/aromatic N) is 4. The molecule has 30 heavy (non-hydrogen) atoms. The minimum Gasteiger partial charge on any atom is -0.338 e. The number of imidazole rings is 1. The lowest BCUT2D eigenvalue weighted by Crippen LogP contribution is -2.35. The average Bonchev–Trinajstić information content (AvgIpc) is 3.21. The van der Waals surface area contributed by atoms with Crippen molar-refractivity contribution in [1.29, 1.82) is 0 Å². The Labute approximate surface area is 175 Å². The molecule has 2 aromatic rings. The van der Waals surface area contributed by atoms with Gasteiger partial charge in [0.2, 0.25) is 15.9 Å². The monoisotopic (exact) mass is 440 g/mol. The van der Waals surface area contributed by atoms with Crippen molar-refractivity contribution in [2.75, 3.05) is 20.1 Å². The first kappa shape index (κ1) is 22.4. The normalized spacial score (nSPS) is 15.5. The van der Waals surface area contributed by atoms with Crippen LogP contribution in [0.2, 0.25) is 0 Å². The van der Waals surface area contributed by atoms with Gasteiger partial charge in [0.1, 0.15) is 5.82 Å². The van der Waals surface area contributed by atoms with E-state index in [2.05, 4.69) is 4.98 Å². The molecule has 1 aliphatic rings. The summed E-state index contributed by atoms with van der Waals surface area (Å²) in [7, 11) is -1.93. The number of hydrogen-bond donors (Lipinski definition) is 0. The number of halogens is 2. The van der Waals surface area contributed by atoms with E-state index in [1.807, 2.05) is 0 Å². The van der Waals surface area contributed by atoms with Crippen molar-refractivity contribution in [2.45, 2.75) is 50.1 Å². The molecule has 1 aliphatic heterocycles. The van der Waals surface area contributed by atoms with Crippen molar-refractivity contribution >= 4 is 15.9 Å². The quantitative estimate of drug-likeness (QED) is 0.632. The number of benzene rings is 1. The van der Waals surface area contributed by atoms with Gasteiger partial charge in [0.15, 0.2) is 0 Å². The smallest absolute Gasteiger partial charge is 0.319 e. The third-order valence-corrected chi connectivity index (χ3v) is 7.18. The maximum Gasteiger partial charge on any atom is 0.319 e. The molecule has 164 valence electrons. The van der Waals surface area contributed by atoms with Crippen LogP contribution >= 0.6 is 0 Å². The molecule has 1 saturated heterocycles. The van der Waals surface area contributed by atoms with Gasteiger partial charge in [-0.25, -0.2) is 13.4 Å². The highest BCUT2D eigenvalue weighted by Crippen LogP contribution is 2.21. The minimum absolute atomic E-state index is 0.0107. The van der Waals surface area contributed by atoms with Crippen molar-refractivity contribution < 1.29 is 22.0 Å². The first-order valence-electron chi connectivity index (χ1n) is 9.92. The molecule has 0 spiro atoms. The highest BCUT2D eigenvalue weighted by molar-refractivity contribution is 7.89. The van der Waals surface area contributed by atoms with Gasteiger partial charge in [0.05, 0.1) is 11.4 Å². The second-order valence-electron chi connectivity index (χ2n) is 7.39. The Balaban J connectivity index is 1.55. The molecule has 1 aromatic heterocycles. The second-order valence-corrected chi connectivity index (χ2v) is 9.32. The van der Waals surface area contributed by atoms with Crippen molar-refractivity contribution in [3.63, 3.8) is 0 Å². The molecule has 0 N–H and O–H groups in total. The van der Waals surface area contributed by atoms with Gasteiger partial charge < -0.3 is 4.90 Å². The lowest BCUT2D eigenvalue weighted by molar-refractivity contribution is -0.130. The molecule has 0 bridgehead atoms. The number of piperidine rings is 1. The second kappa shape index (κ2) is 9.65. The van der Waals surface area contributed by atoms with Crippen LogP contribution in [0, 0.1) is 0 Å². The number of hydrogen-bond acceptors (Lipinski definition) is 4. The lowest BCUT2D eigenvalue weighted by Gasteiger charge is -2.25. The van der Waals surface area contributed by atoms with Gasteiger partial charge in [0.25, 0.3) is 0 Å². The average molecular weight is 441 g/mol.